The lowest BCUT2D eigenvalue weighted by atomic mass is 10.0. The van der Waals surface area contributed by atoms with Crippen molar-refractivity contribution in [3.05, 3.63) is 77.9 Å². The van der Waals surface area contributed by atoms with Crippen molar-refractivity contribution in [2.24, 2.45) is 5.92 Å². The van der Waals surface area contributed by atoms with Gasteiger partial charge in [0.25, 0.3) is 5.91 Å². The van der Waals surface area contributed by atoms with Gasteiger partial charge in [0.1, 0.15) is 17.2 Å². The lowest BCUT2D eigenvalue weighted by Crippen LogP contribution is -2.28. The average Bonchev–Trinajstić information content (AvgIpc) is 3.34. The van der Waals surface area contributed by atoms with Crippen LogP contribution in [0.4, 0.5) is 11.4 Å². The third-order valence-electron chi connectivity index (χ3n) is 6.51. The number of amides is 2. The van der Waals surface area contributed by atoms with Gasteiger partial charge in [0.05, 0.1) is 13.0 Å². The van der Waals surface area contributed by atoms with E-state index in [0.717, 1.165) is 35.4 Å². The summed E-state index contributed by atoms with van der Waals surface area (Å²) in [5.74, 6) is 0.235. The first-order valence-corrected chi connectivity index (χ1v) is 12.7. The molecule has 1 N–H and O–H groups in total. The van der Waals surface area contributed by atoms with E-state index in [1.807, 2.05) is 44.2 Å². The second kappa shape index (κ2) is 12.3. The first-order valence-electron chi connectivity index (χ1n) is 12.7. The van der Waals surface area contributed by atoms with Crippen molar-refractivity contribution in [3.63, 3.8) is 0 Å². The van der Waals surface area contributed by atoms with Crippen molar-refractivity contribution in [1.82, 2.24) is 0 Å². The van der Waals surface area contributed by atoms with Gasteiger partial charge in [-0.15, -0.1) is 0 Å². The lowest BCUT2D eigenvalue weighted by molar-refractivity contribution is -0.151. The van der Waals surface area contributed by atoms with Crippen LogP contribution in [0.3, 0.4) is 0 Å². The third-order valence-corrected chi connectivity index (χ3v) is 6.51. The molecule has 0 radical (unpaired) electrons. The van der Waals surface area contributed by atoms with Crippen LogP contribution in [0.25, 0.3) is 0 Å². The molecular weight excluding hydrogens is 484 g/mol. The van der Waals surface area contributed by atoms with Gasteiger partial charge in [0, 0.05) is 24.3 Å². The molecule has 3 aromatic rings. The topological polar surface area (TPSA) is 94.2 Å². The molecule has 1 saturated heterocycles. The zero-order valence-corrected chi connectivity index (χ0v) is 21.9. The highest BCUT2D eigenvalue weighted by atomic mass is 16.5. The zero-order chi connectivity index (χ0) is 27.1. The fourth-order valence-electron chi connectivity index (χ4n) is 4.42. The highest BCUT2D eigenvalue weighted by molar-refractivity contribution is 6.00. The number of nitrogens with zero attached hydrogens (tertiary/aromatic N) is 1. The summed E-state index contributed by atoms with van der Waals surface area (Å²) in [6.07, 6.45) is 1.58. The van der Waals surface area contributed by atoms with Gasteiger partial charge in [0.15, 0.2) is 6.61 Å². The van der Waals surface area contributed by atoms with Crippen LogP contribution >= 0.6 is 0 Å². The molecule has 1 atom stereocenters. The lowest BCUT2D eigenvalue weighted by Gasteiger charge is -2.17. The number of esters is 1. The molecule has 2 amide bonds. The average molecular weight is 517 g/mol. The number of anilines is 2. The van der Waals surface area contributed by atoms with E-state index in [-0.39, 0.29) is 18.9 Å². The van der Waals surface area contributed by atoms with E-state index in [1.165, 1.54) is 0 Å². The SMILES string of the molecule is CCc1cccc(CC)c1NC(=O)COC(=O)[C@@H]1CC(=O)N(c2ccc(Oc3ccc(OC)cc3)cc2)C1. The molecule has 1 heterocycles. The van der Waals surface area contributed by atoms with Gasteiger partial charge in [-0.2, -0.15) is 0 Å². The predicted molar refractivity (Wildman–Crippen MR) is 145 cm³/mol. The molecule has 1 fully saturated rings. The van der Waals surface area contributed by atoms with Crippen LogP contribution in [-0.4, -0.2) is 38.0 Å². The Labute approximate surface area is 222 Å². The van der Waals surface area contributed by atoms with Gasteiger partial charge in [-0.25, -0.2) is 0 Å². The first-order chi connectivity index (χ1) is 18.4. The maximum atomic E-state index is 12.7. The molecule has 0 bridgehead atoms. The van der Waals surface area contributed by atoms with Gasteiger partial charge in [-0.05, 0) is 72.5 Å². The normalized spacial score (nSPS) is 14.8. The van der Waals surface area contributed by atoms with Crippen molar-refractivity contribution >= 4 is 29.2 Å². The molecule has 0 spiro atoms. The van der Waals surface area contributed by atoms with E-state index in [0.29, 0.717) is 17.2 Å². The second-order valence-corrected chi connectivity index (χ2v) is 8.99. The summed E-state index contributed by atoms with van der Waals surface area (Å²) in [5, 5.41) is 2.89. The van der Waals surface area contributed by atoms with E-state index in [1.54, 1.807) is 48.4 Å². The Kier molecular flexibility index (Phi) is 8.63. The van der Waals surface area contributed by atoms with Gasteiger partial charge in [-0.1, -0.05) is 32.0 Å². The molecular formula is C30H32N2O6. The predicted octanol–water partition coefficient (Wildman–Crippen LogP) is 5.15. The minimum Gasteiger partial charge on any atom is -0.497 e. The molecule has 8 heteroatoms. The maximum Gasteiger partial charge on any atom is 0.311 e. The molecule has 38 heavy (non-hydrogen) atoms. The number of rotatable bonds is 10. The summed E-state index contributed by atoms with van der Waals surface area (Å²) in [7, 11) is 1.60. The van der Waals surface area contributed by atoms with Crippen LogP contribution in [0.1, 0.15) is 31.4 Å². The van der Waals surface area contributed by atoms with Crippen LogP contribution in [0.5, 0.6) is 17.2 Å². The number of carbonyl (C=O) groups is 3. The standard InChI is InChI=1S/C30H32N2O6/c1-4-20-7-6-8-21(5-2)29(20)31-27(33)19-37-30(35)22-17-28(34)32(18-22)23-9-11-25(12-10-23)38-26-15-13-24(36-3)14-16-26/h6-16,22H,4-5,17-19H2,1-3H3,(H,31,33)/t22-/m1/s1. The summed E-state index contributed by atoms with van der Waals surface area (Å²) in [6.45, 7) is 3.84. The molecule has 0 saturated carbocycles. The van der Waals surface area contributed by atoms with Crippen molar-refractivity contribution < 1.29 is 28.6 Å². The first kappa shape index (κ1) is 26.7. The van der Waals surface area contributed by atoms with E-state index in [2.05, 4.69) is 5.32 Å². The van der Waals surface area contributed by atoms with E-state index < -0.39 is 24.4 Å². The van der Waals surface area contributed by atoms with Crippen LogP contribution in [0.2, 0.25) is 0 Å². The second-order valence-electron chi connectivity index (χ2n) is 8.99. The summed E-state index contributed by atoms with van der Waals surface area (Å²) >= 11 is 0. The molecule has 198 valence electrons. The highest BCUT2D eigenvalue weighted by Gasteiger charge is 2.36. The number of methoxy groups -OCH3 is 1. The van der Waals surface area contributed by atoms with Crippen molar-refractivity contribution in [3.8, 4) is 17.2 Å². The largest absolute Gasteiger partial charge is 0.497 e. The molecule has 1 aliphatic heterocycles. The number of hydrogen-bond acceptors (Lipinski definition) is 6. The zero-order valence-electron chi connectivity index (χ0n) is 21.9. The third kappa shape index (κ3) is 6.32. The Morgan fingerprint density at radius 3 is 2.05 bits per heavy atom. The minimum absolute atomic E-state index is 0.0310. The number of para-hydroxylation sites is 1. The monoisotopic (exact) mass is 516 g/mol. The van der Waals surface area contributed by atoms with Gasteiger partial charge >= 0.3 is 5.97 Å². The molecule has 1 aliphatic rings. The molecule has 0 unspecified atom stereocenters. The molecule has 0 aromatic heterocycles. The van der Waals surface area contributed by atoms with Crippen LogP contribution < -0.4 is 19.7 Å². The van der Waals surface area contributed by atoms with Crippen molar-refractivity contribution in [1.29, 1.82) is 0 Å². The number of hydrogen-bond donors (Lipinski definition) is 1. The number of ether oxygens (including phenoxy) is 3. The van der Waals surface area contributed by atoms with Crippen LogP contribution in [0.15, 0.2) is 66.7 Å². The Morgan fingerprint density at radius 1 is 0.895 bits per heavy atom. The van der Waals surface area contributed by atoms with Gasteiger partial charge < -0.3 is 24.4 Å². The van der Waals surface area contributed by atoms with Crippen molar-refractivity contribution in [2.45, 2.75) is 33.1 Å². The Hall–Kier alpha value is -4.33. The van der Waals surface area contributed by atoms with Crippen LogP contribution in [0, 0.1) is 5.92 Å². The fraction of sp³-hybridized carbons (Fsp3) is 0.300. The van der Waals surface area contributed by atoms with Gasteiger partial charge in [0.2, 0.25) is 5.91 Å². The summed E-state index contributed by atoms with van der Waals surface area (Å²) in [4.78, 5) is 39.4. The molecule has 0 aliphatic carbocycles. The summed E-state index contributed by atoms with van der Waals surface area (Å²) in [6, 6.07) is 20.2. The highest BCUT2D eigenvalue weighted by Crippen LogP contribution is 2.30. The molecule has 4 rings (SSSR count). The quantitative estimate of drug-likeness (QED) is 0.375. The number of benzene rings is 3. The molecule has 3 aromatic carbocycles. The van der Waals surface area contributed by atoms with E-state index >= 15 is 0 Å². The Balaban J connectivity index is 1.30. The van der Waals surface area contributed by atoms with Crippen LogP contribution in [-0.2, 0) is 32.0 Å². The fourth-order valence-corrected chi connectivity index (χ4v) is 4.42. The van der Waals surface area contributed by atoms with E-state index in [9.17, 15) is 14.4 Å². The Morgan fingerprint density at radius 2 is 1.47 bits per heavy atom. The van der Waals surface area contributed by atoms with Crippen molar-refractivity contribution in [2.75, 3.05) is 30.5 Å². The maximum absolute atomic E-state index is 12.7. The number of carbonyl (C=O) groups excluding carboxylic acids is 3. The van der Waals surface area contributed by atoms with Gasteiger partial charge in [-0.3, -0.25) is 14.4 Å². The number of nitrogens with one attached hydrogen (secondary N) is 1. The molecule has 8 nitrogen and oxygen atoms in total. The smallest absolute Gasteiger partial charge is 0.311 e. The minimum atomic E-state index is -0.639. The van der Waals surface area contributed by atoms with E-state index in [4.69, 9.17) is 14.2 Å². The summed E-state index contributed by atoms with van der Waals surface area (Å²) < 4.78 is 16.3. The number of aryl methyl sites for hydroxylation is 2. The Bertz CT molecular complexity index is 1260. The summed E-state index contributed by atoms with van der Waals surface area (Å²) in [5.41, 5.74) is 3.50.